The molecule has 0 heterocycles. The molecule has 0 amide bonds. The molecule has 0 saturated heterocycles. The average molecular weight is 249 g/mol. The summed E-state index contributed by atoms with van der Waals surface area (Å²) in [5.74, 6) is 2.37. The molecule has 2 atom stereocenters. The fourth-order valence-corrected chi connectivity index (χ4v) is 2.57. The summed E-state index contributed by atoms with van der Waals surface area (Å²) in [6.45, 7) is 6.84. The number of hydrogen-bond acceptors (Lipinski definition) is 2. The summed E-state index contributed by atoms with van der Waals surface area (Å²) in [6.07, 6.45) is 3.31. The van der Waals surface area contributed by atoms with E-state index in [1.807, 2.05) is 12.1 Å². The third kappa shape index (κ3) is 5.54. The maximum atomic E-state index is 6.22. The average Bonchev–Trinajstić information content (AvgIpc) is 2.28. The number of hydrogen-bond donors (Lipinski definition) is 1. The zero-order valence-electron chi connectivity index (χ0n) is 12.1. The predicted molar refractivity (Wildman–Crippen MR) is 77.9 cm³/mol. The van der Waals surface area contributed by atoms with Gasteiger partial charge in [0.2, 0.25) is 0 Å². The van der Waals surface area contributed by atoms with Crippen LogP contribution in [-0.2, 0) is 6.42 Å². The molecule has 18 heavy (non-hydrogen) atoms. The van der Waals surface area contributed by atoms with E-state index in [0.29, 0.717) is 5.92 Å². The van der Waals surface area contributed by atoms with E-state index in [-0.39, 0.29) is 6.04 Å². The minimum atomic E-state index is 0.257. The second-order valence-electron chi connectivity index (χ2n) is 5.78. The van der Waals surface area contributed by atoms with Crippen LogP contribution in [0.4, 0.5) is 0 Å². The first-order valence-electron chi connectivity index (χ1n) is 6.89. The Morgan fingerprint density at radius 2 is 1.67 bits per heavy atom. The lowest BCUT2D eigenvalue weighted by Gasteiger charge is -2.19. The van der Waals surface area contributed by atoms with Crippen LogP contribution in [0.5, 0.6) is 5.75 Å². The lowest BCUT2D eigenvalue weighted by atomic mass is 9.91. The maximum absolute atomic E-state index is 6.22. The molecule has 1 rings (SSSR count). The highest BCUT2D eigenvalue weighted by Gasteiger charge is 2.11. The Morgan fingerprint density at radius 3 is 2.17 bits per heavy atom. The second-order valence-corrected chi connectivity index (χ2v) is 5.78. The third-order valence-electron chi connectivity index (χ3n) is 3.24. The van der Waals surface area contributed by atoms with Crippen LogP contribution in [0.2, 0.25) is 0 Å². The van der Waals surface area contributed by atoms with Gasteiger partial charge in [0, 0.05) is 6.04 Å². The molecule has 102 valence electrons. The minimum Gasteiger partial charge on any atom is -0.497 e. The van der Waals surface area contributed by atoms with Gasteiger partial charge in [-0.05, 0) is 48.8 Å². The molecule has 2 N–H and O–H groups in total. The van der Waals surface area contributed by atoms with Crippen molar-refractivity contribution in [3.8, 4) is 5.75 Å². The van der Waals surface area contributed by atoms with E-state index in [4.69, 9.17) is 10.5 Å². The van der Waals surface area contributed by atoms with Gasteiger partial charge >= 0.3 is 0 Å². The third-order valence-corrected chi connectivity index (χ3v) is 3.24. The highest BCUT2D eigenvalue weighted by atomic mass is 16.5. The lowest BCUT2D eigenvalue weighted by molar-refractivity contribution is 0.382. The number of benzene rings is 1. The Balaban J connectivity index is 2.41. The van der Waals surface area contributed by atoms with Crippen LogP contribution >= 0.6 is 0 Å². The highest BCUT2D eigenvalue weighted by Crippen LogP contribution is 2.18. The van der Waals surface area contributed by atoms with Crippen LogP contribution in [0.15, 0.2) is 24.3 Å². The van der Waals surface area contributed by atoms with E-state index in [1.54, 1.807) is 7.11 Å². The summed E-state index contributed by atoms with van der Waals surface area (Å²) < 4.78 is 5.15. The molecule has 0 fully saturated rings. The molecule has 0 radical (unpaired) electrons. The first kappa shape index (κ1) is 15.0. The van der Waals surface area contributed by atoms with Crippen molar-refractivity contribution in [3.63, 3.8) is 0 Å². The zero-order valence-corrected chi connectivity index (χ0v) is 12.1. The van der Waals surface area contributed by atoms with E-state index in [0.717, 1.165) is 24.5 Å². The number of nitrogens with two attached hydrogens (primary N) is 1. The number of rotatable bonds is 7. The summed E-state index contributed by atoms with van der Waals surface area (Å²) in [5, 5.41) is 0. The molecule has 2 nitrogen and oxygen atoms in total. The molecule has 2 heteroatoms. The van der Waals surface area contributed by atoms with Crippen molar-refractivity contribution >= 4 is 0 Å². The standard InChI is InChI=1S/C16H27NO/c1-12(2)9-13(3)10-15(17)11-14-5-7-16(18-4)8-6-14/h5-8,12-13,15H,9-11,17H2,1-4H3. The van der Waals surface area contributed by atoms with Gasteiger partial charge in [0.25, 0.3) is 0 Å². The highest BCUT2D eigenvalue weighted by molar-refractivity contribution is 5.27. The van der Waals surface area contributed by atoms with Crippen molar-refractivity contribution in [2.75, 3.05) is 7.11 Å². The van der Waals surface area contributed by atoms with Gasteiger partial charge in [0.05, 0.1) is 7.11 Å². The molecule has 0 spiro atoms. The van der Waals surface area contributed by atoms with Gasteiger partial charge in [-0.2, -0.15) is 0 Å². The van der Waals surface area contributed by atoms with Crippen molar-refractivity contribution in [2.24, 2.45) is 17.6 Å². The summed E-state index contributed by atoms with van der Waals surface area (Å²) in [6, 6.07) is 8.46. The lowest BCUT2D eigenvalue weighted by Crippen LogP contribution is -2.25. The molecule has 0 aliphatic heterocycles. The van der Waals surface area contributed by atoms with Crippen LogP contribution in [0, 0.1) is 11.8 Å². The quantitative estimate of drug-likeness (QED) is 0.800. The van der Waals surface area contributed by atoms with Crippen LogP contribution in [0.1, 0.15) is 39.2 Å². The number of methoxy groups -OCH3 is 1. The first-order chi connectivity index (χ1) is 8.51. The summed E-state index contributed by atoms with van der Waals surface area (Å²) in [5.41, 5.74) is 7.51. The van der Waals surface area contributed by atoms with Gasteiger partial charge in [0.1, 0.15) is 5.75 Å². The van der Waals surface area contributed by atoms with Gasteiger partial charge < -0.3 is 10.5 Å². The Kier molecular flexibility index (Phi) is 6.20. The molecule has 0 saturated carbocycles. The molecule has 1 aromatic rings. The van der Waals surface area contributed by atoms with Crippen LogP contribution in [0.3, 0.4) is 0 Å². The van der Waals surface area contributed by atoms with E-state index in [2.05, 4.69) is 32.9 Å². The Hall–Kier alpha value is -1.02. The zero-order chi connectivity index (χ0) is 13.5. The molecule has 0 aromatic heterocycles. The van der Waals surface area contributed by atoms with Gasteiger partial charge in [-0.25, -0.2) is 0 Å². The topological polar surface area (TPSA) is 35.2 Å². The maximum Gasteiger partial charge on any atom is 0.118 e. The largest absolute Gasteiger partial charge is 0.497 e. The Bertz CT molecular complexity index is 331. The van der Waals surface area contributed by atoms with Crippen molar-refractivity contribution < 1.29 is 4.74 Å². The molecule has 0 aliphatic rings. The van der Waals surface area contributed by atoms with E-state index < -0.39 is 0 Å². The van der Waals surface area contributed by atoms with Crippen molar-refractivity contribution in [3.05, 3.63) is 29.8 Å². The molecule has 0 aliphatic carbocycles. The SMILES string of the molecule is COc1ccc(CC(N)CC(C)CC(C)C)cc1. The normalized spacial score (nSPS) is 14.6. The predicted octanol–water partition coefficient (Wildman–Crippen LogP) is 3.64. The summed E-state index contributed by atoms with van der Waals surface area (Å²) in [7, 11) is 1.69. The van der Waals surface area contributed by atoms with Crippen molar-refractivity contribution in [1.82, 2.24) is 0 Å². The smallest absolute Gasteiger partial charge is 0.118 e. The van der Waals surface area contributed by atoms with Crippen LogP contribution in [0.25, 0.3) is 0 Å². The first-order valence-corrected chi connectivity index (χ1v) is 6.89. The van der Waals surface area contributed by atoms with E-state index in [1.165, 1.54) is 12.0 Å². The minimum absolute atomic E-state index is 0.257. The monoisotopic (exact) mass is 249 g/mol. The molecular formula is C16H27NO. The van der Waals surface area contributed by atoms with Crippen molar-refractivity contribution in [1.29, 1.82) is 0 Å². The van der Waals surface area contributed by atoms with Gasteiger partial charge in [-0.1, -0.05) is 32.9 Å². The fraction of sp³-hybridized carbons (Fsp3) is 0.625. The summed E-state index contributed by atoms with van der Waals surface area (Å²) in [4.78, 5) is 0. The van der Waals surface area contributed by atoms with Gasteiger partial charge in [-0.3, -0.25) is 0 Å². The van der Waals surface area contributed by atoms with Gasteiger partial charge in [-0.15, -0.1) is 0 Å². The van der Waals surface area contributed by atoms with Gasteiger partial charge in [0.15, 0.2) is 0 Å². The van der Waals surface area contributed by atoms with E-state index >= 15 is 0 Å². The Morgan fingerprint density at radius 1 is 1.06 bits per heavy atom. The summed E-state index contributed by atoms with van der Waals surface area (Å²) >= 11 is 0. The second kappa shape index (κ2) is 7.42. The molecular weight excluding hydrogens is 222 g/mol. The molecule has 1 aromatic carbocycles. The fourth-order valence-electron chi connectivity index (χ4n) is 2.57. The Labute approximate surface area is 112 Å². The number of ether oxygens (including phenoxy) is 1. The van der Waals surface area contributed by atoms with Crippen LogP contribution < -0.4 is 10.5 Å². The van der Waals surface area contributed by atoms with Crippen molar-refractivity contribution in [2.45, 2.75) is 46.1 Å². The molecule has 0 bridgehead atoms. The van der Waals surface area contributed by atoms with E-state index in [9.17, 15) is 0 Å². The van der Waals surface area contributed by atoms with Crippen LogP contribution in [-0.4, -0.2) is 13.2 Å². The molecule has 2 unspecified atom stereocenters.